The normalized spacial score (nSPS) is 12.2. The number of thioether (sulfide) groups is 1. The lowest BCUT2D eigenvalue weighted by Crippen LogP contribution is -1.94. The fourth-order valence-corrected chi connectivity index (χ4v) is 1.01. The van der Waals surface area contributed by atoms with Gasteiger partial charge in [-0.25, -0.2) is 0 Å². The Morgan fingerprint density at radius 2 is 2.10 bits per heavy atom. The summed E-state index contributed by atoms with van der Waals surface area (Å²) in [7, 11) is 0. The molecule has 0 bridgehead atoms. The molecule has 0 saturated heterocycles. The first-order valence-electron chi connectivity index (χ1n) is 2.78. The number of aliphatic hydroxyl groups excluding tert-OH is 1. The van der Waals surface area contributed by atoms with Crippen molar-refractivity contribution in [2.24, 2.45) is 0 Å². The molecule has 10 heavy (non-hydrogen) atoms. The van der Waals surface area contributed by atoms with Crippen molar-refractivity contribution in [1.82, 2.24) is 0 Å². The van der Waals surface area contributed by atoms with E-state index in [1.807, 2.05) is 0 Å². The summed E-state index contributed by atoms with van der Waals surface area (Å²) >= 11 is 1.14. The van der Waals surface area contributed by atoms with Gasteiger partial charge in [-0.2, -0.15) is 0 Å². The first-order chi connectivity index (χ1) is 4.59. The molecule has 2 nitrogen and oxygen atoms in total. The molecule has 0 aromatic carbocycles. The monoisotopic (exact) mass is 158 g/mol. The molecule has 0 atom stereocenters. The van der Waals surface area contributed by atoms with E-state index in [0.29, 0.717) is 4.91 Å². The predicted octanol–water partition coefficient (Wildman–Crippen LogP) is 2.24. The Morgan fingerprint density at radius 3 is 2.20 bits per heavy atom. The molecule has 0 spiro atoms. The number of allylic oxidation sites excluding steroid dienone is 2. The van der Waals surface area contributed by atoms with Gasteiger partial charge in [0.2, 0.25) is 0 Å². The van der Waals surface area contributed by atoms with Gasteiger partial charge in [-0.1, -0.05) is 18.3 Å². The number of ketones is 1. The highest BCUT2D eigenvalue weighted by Crippen LogP contribution is 2.19. The van der Waals surface area contributed by atoms with E-state index >= 15 is 0 Å². The Labute approximate surface area is 64.6 Å². The molecule has 0 radical (unpaired) electrons. The molecule has 0 fully saturated rings. The van der Waals surface area contributed by atoms with Crippen molar-refractivity contribution in [3.63, 3.8) is 0 Å². The third kappa shape index (κ3) is 2.73. The van der Waals surface area contributed by atoms with Gasteiger partial charge in [-0.3, -0.25) is 4.79 Å². The number of carbonyl (C=O) groups excluding carboxylic acids is 1. The van der Waals surface area contributed by atoms with Gasteiger partial charge in [-0.15, -0.1) is 0 Å². The van der Waals surface area contributed by atoms with Gasteiger partial charge in [0.05, 0.1) is 4.91 Å². The Morgan fingerprint density at radius 1 is 1.60 bits per heavy atom. The van der Waals surface area contributed by atoms with Crippen molar-refractivity contribution in [2.75, 3.05) is 0 Å². The highest BCUT2D eigenvalue weighted by molar-refractivity contribution is 8.06. The summed E-state index contributed by atoms with van der Waals surface area (Å²) in [5.74, 6) is -0.0812. The van der Waals surface area contributed by atoms with E-state index in [9.17, 15) is 4.79 Å². The van der Waals surface area contributed by atoms with Crippen LogP contribution in [0, 0.1) is 0 Å². The van der Waals surface area contributed by atoms with Gasteiger partial charge in [0, 0.05) is 0 Å². The molecule has 0 aliphatic rings. The topological polar surface area (TPSA) is 37.3 Å². The van der Waals surface area contributed by atoms with Crippen LogP contribution in [-0.2, 0) is 4.79 Å². The average Bonchev–Trinajstić information content (AvgIpc) is 1.81. The van der Waals surface area contributed by atoms with Crippen molar-refractivity contribution in [1.29, 1.82) is 0 Å². The van der Waals surface area contributed by atoms with Crippen LogP contribution in [0.3, 0.4) is 0 Å². The summed E-state index contributed by atoms with van der Waals surface area (Å²) in [6, 6.07) is 0. The maximum Gasteiger partial charge on any atom is 0.169 e. The molecule has 0 aliphatic heterocycles. The Balaban J connectivity index is 4.42. The number of hydrogen-bond donors (Lipinski definition) is 1. The van der Waals surface area contributed by atoms with Crippen molar-refractivity contribution >= 4 is 17.5 Å². The van der Waals surface area contributed by atoms with Gasteiger partial charge in [-0.05, 0) is 19.3 Å². The lowest BCUT2D eigenvalue weighted by molar-refractivity contribution is -0.113. The molecule has 0 amide bonds. The Kier molecular flexibility index (Phi) is 3.88. The molecule has 56 valence electrons. The molecule has 0 rings (SSSR count). The summed E-state index contributed by atoms with van der Waals surface area (Å²) in [6.07, 6.45) is 0. The van der Waals surface area contributed by atoms with Crippen LogP contribution in [0.25, 0.3) is 0 Å². The maximum atomic E-state index is 10.7. The van der Waals surface area contributed by atoms with Crippen LogP contribution >= 0.6 is 11.8 Å². The zero-order chi connectivity index (χ0) is 8.15. The van der Waals surface area contributed by atoms with Crippen LogP contribution in [0.2, 0.25) is 0 Å². The lowest BCUT2D eigenvalue weighted by Gasteiger charge is -1.98. The molecule has 1 N–H and O–H groups in total. The number of Topliss-reactive ketones (excluding diaryl/α,β-unsaturated/α-hetero) is 1. The molecule has 0 heterocycles. The second-order valence-electron chi connectivity index (χ2n) is 1.76. The van der Waals surface area contributed by atoms with Crippen LogP contribution in [0.15, 0.2) is 22.7 Å². The van der Waals surface area contributed by atoms with Crippen LogP contribution in [0.4, 0.5) is 0 Å². The van der Waals surface area contributed by atoms with Crippen molar-refractivity contribution in [3.8, 4) is 0 Å². The van der Waals surface area contributed by atoms with Crippen molar-refractivity contribution in [3.05, 3.63) is 22.7 Å². The van der Waals surface area contributed by atoms with Crippen LogP contribution < -0.4 is 0 Å². The van der Waals surface area contributed by atoms with Crippen molar-refractivity contribution in [2.45, 2.75) is 13.8 Å². The minimum absolute atomic E-state index is 0.0531. The standard InChI is InChI=1S/C7H10O2S/c1-4-10-7(5(2)8)6(3)9/h4,8H,1H2,2-3H3/b7-5-. The second-order valence-corrected chi connectivity index (χ2v) is 2.73. The van der Waals surface area contributed by atoms with Crippen LogP contribution in [0.1, 0.15) is 13.8 Å². The van der Waals surface area contributed by atoms with E-state index in [4.69, 9.17) is 5.11 Å². The molecule has 0 unspecified atom stereocenters. The molecular formula is C7H10O2S. The Bertz CT molecular complexity index is 178. The van der Waals surface area contributed by atoms with Gasteiger partial charge in [0.1, 0.15) is 5.76 Å². The third-order valence-electron chi connectivity index (χ3n) is 0.850. The molecule has 0 aromatic rings. The zero-order valence-electron chi connectivity index (χ0n) is 6.05. The van der Waals surface area contributed by atoms with Gasteiger partial charge >= 0.3 is 0 Å². The quantitative estimate of drug-likeness (QED) is 0.505. The minimum Gasteiger partial charge on any atom is -0.511 e. The highest BCUT2D eigenvalue weighted by atomic mass is 32.2. The van der Waals surface area contributed by atoms with Gasteiger partial charge in [0.15, 0.2) is 5.78 Å². The first-order valence-corrected chi connectivity index (χ1v) is 3.66. The predicted molar refractivity (Wildman–Crippen MR) is 43.8 cm³/mol. The van der Waals surface area contributed by atoms with Gasteiger partial charge < -0.3 is 5.11 Å². The number of aliphatic hydroxyl groups is 1. The lowest BCUT2D eigenvalue weighted by atomic mass is 10.4. The summed E-state index contributed by atoms with van der Waals surface area (Å²) in [5.41, 5.74) is 0. The fourth-order valence-electron chi connectivity index (χ4n) is 0.506. The Hall–Kier alpha value is -0.700. The van der Waals surface area contributed by atoms with E-state index in [2.05, 4.69) is 6.58 Å². The second kappa shape index (κ2) is 4.17. The third-order valence-corrected chi connectivity index (χ3v) is 1.83. The molecular weight excluding hydrogens is 148 g/mol. The van der Waals surface area contributed by atoms with E-state index in [1.165, 1.54) is 19.3 Å². The summed E-state index contributed by atoms with van der Waals surface area (Å²) in [4.78, 5) is 11.0. The average molecular weight is 158 g/mol. The summed E-state index contributed by atoms with van der Waals surface area (Å²) < 4.78 is 0. The number of hydrogen-bond acceptors (Lipinski definition) is 3. The van der Waals surface area contributed by atoms with Crippen molar-refractivity contribution < 1.29 is 9.90 Å². The number of rotatable bonds is 3. The highest BCUT2D eigenvalue weighted by Gasteiger charge is 2.05. The van der Waals surface area contributed by atoms with Crippen LogP contribution in [0.5, 0.6) is 0 Å². The smallest absolute Gasteiger partial charge is 0.169 e. The van der Waals surface area contributed by atoms with E-state index < -0.39 is 0 Å². The fraction of sp³-hybridized carbons (Fsp3) is 0.286. The largest absolute Gasteiger partial charge is 0.511 e. The van der Waals surface area contributed by atoms with E-state index in [-0.39, 0.29) is 11.5 Å². The SMILES string of the molecule is C=CS/C(C(C)=O)=C(/C)O. The molecule has 3 heteroatoms. The molecule has 0 aromatic heterocycles. The molecule has 0 saturated carbocycles. The van der Waals surface area contributed by atoms with E-state index in [0.717, 1.165) is 11.8 Å². The number of carbonyl (C=O) groups is 1. The minimum atomic E-state index is -0.134. The summed E-state index contributed by atoms with van der Waals surface area (Å²) in [5, 5.41) is 10.4. The summed E-state index contributed by atoms with van der Waals surface area (Å²) in [6.45, 7) is 6.32. The maximum absolute atomic E-state index is 10.7. The zero-order valence-corrected chi connectivity index (χ0v) is 6.86. The van der Waals surface area contributed by atoms with Gasteiger partial charge in [0.25, 0.3) is 0 Å². The first kappa shape index (κ1) is 9.30. The molecule has 0 aliphatic carbocycles. The van der Waals surface area contributed by atoms with E-state index in [1.54, 1.807) is 0 Å². The van der Waals surface area contributed by atoms with Crippen LogP contribution in [-0.4, -0.2) is 10.9 Å².